The summed E-state index contributed by atoms with van der Waals surface area (Å²) in [5, 5.41) is 7.83. The summed E-state index contributed by atoms with van der Waals surface area (Å²) in [6, 6.07) is 15.5. The zero-order valence-electron chi connectivity index (χ0n) is 16.2. The van der Waals surface area contributed by atoms with E-state index in [1.54, 1.807) is 42.1 Å². The van der Waals surface area contributed by atoms with Crippen molar-refractivity contribution >= 4 is 33.0 Å². The van der Waals surface area contributed by atoms with Crippen LogP contribution in [-0.4, -0.2) is 42.7 Å². The van der Waals surface area contributed by atoms with E-state index in [0.717, 1.165) is 5.56 Å². The molecular formula is C21H20ClN3O4S. The average Bonchev–Trinajstić information content (AvgIpc) is 3.33. The Morgan fingerprint density at radius 3 is 2.47 bits per heavy atom. The van der Waals surface area contributed by atoms with E-state index in [9.17, 15) is 13.2 Å². The summed E-state index contributed by atoms with van der Waals surface area (Å²) >= 11 is 5.89. The lowest BCUT2D eigenvalue weighted by atomic mass is 10.1. The standard InChI is InChI=1S/C21H20ClN3O4S/c1-29-18-8-2-14(3-9-18)20-12-19(21(26)23-16-6-4-15(22)5-7-16)24-25(20)17-10-11-30(27,28)13-17/h2-9,12,17H,10-11,13H2,1H3,(H,23,26)/t17-/m1/s1. The molecule has 1 amide bonds. The van der Waals surface area contributed by atoms with Crippen molar-refractivity contribution in [3.63, 3.8) is 0 Å². The lowest BCUT2D eigenvalue weighted by Crippen LogP contribution is -2.16. The summed E-state index contributed by atoms with van der Waals surface area (Å²) in [5.74, 6) is 0.447. The van der Waals surface area contributed by atoms with E-state index in [-0.39, 0.29) is 29.1 Å². The van der Waals surface area contributed by atoms with Crippen molar-refractivity contribution in [3.8, 4) is 17.0 Å². The number of amides is 1. The molecular weight excluding hydrogens is 426 g/mol. The number of aromatic nitrogens is 2. The molecule has 1 saturated heterocycles. The number of anilines is 1. The molecule has 0 unspecified atom stereocenters. The molecule has 3 aromatic rings. The van der Waals surface area contributed by atoms with Gasteiger partial charge in [-0.05, 0) is 61.0 Å². The summed E-state index contributed by atoms with van der Waals surface area (Å²) < 4.78 is 30.9. The number of hydrogen-bond donors (Lipinski definition) is 1. The number of sulfone groups is 1. The number of carbonyl (C=O) groups excluding carboxylic acids is 1. The Labute approximate surface area is 179 Å². The number of halogens is 1. The van der Waals surface area contributed by atoms with Gasteiger partial charge in [0, 0.05) is 16.3 Å². The van der Waals surface area contributed by atoms with E-state index in [1.807, 2.05) is 24.3 Å². The van der Waals surface area contributed by atoms with Gasteiger partial charge in [-0.25, -0.2) is 8.42 Å². The Kier molecular flexibility index (Phi) is 5.53. The van der Waals surface area contributed by atoms with Gasteiger partial charge < -0.3 is 10.1 Å². The third-order valence-corrected chi connectivity index (χ3v) is 7.01. The summed E-state index contributed by atoms with van der Waals surface area (Å²) in [6.45, 7) is 0. The van der Waals surface area contributed by atoms with Crippen LogP contribution in [0.15, 0.2) is 54.6 Å². The molecule has 0 aliphatic carbocycles. The van der Waals surface area contributed by atoms with Crippen molar-refractivity contribution in [2.75, 3.05) is 23.9 Å². The number of rotatable bonds is 5. The first kappa shape index (κ1) is 20.4. The minimum Gasteiger partial charge on any atom is -0.497 e. The largest absolute Gasteiger partial charge is 0.497 e. The molecule has 4 rings (SSSR count). The van der Waals surface area contributed by atoms with Gasteiger partial charge in [0.15, 0.2) is 15.5 Å². The quantitative estimate of drug-likeness (QED) is 0.644. The fourth-order valence-electron chi connectivity index (χ4n) is 3.46. The van der Waals surface area contributed by atoms with E-state index < -0.39 is 9.84 Å². The van der Waals surface area contributed by atoms with Crippen LogP contribution >= 0.6 is 11.6 Å². The molecule has 2 heterocycles. The second kappa shape index (κ2) is 8.12. The molecule has 0 saturated carbocycles. The third-order valence-electron chi connectivity index (χ3n) is 5.01. The molecule has 30 heavy (non-hydrogen) atoms. The van der Waals surface area contributed by atoms with Crippen molar-refractivity contribution in [1.29, 1.82) is 0 Å². The van der Waals surface area contributed by atoms with E-state index in [2.05, 4.69) is 10.4 Å². The van der Waals surface area contributed by atoms with Gasteiger partial charge in [0.2, 0.25) is 0 Å². The van der Waals surface area contributed by atoms with Crippen molar-refractivity contribution in [3.05, 3.63) is 65.3 Å². The van der Waals surface area contributed by atoms with Gasteiger partial charge in [-0.3, -0.25) is 9.48 Å². The van der Waals surface area contributed by atoms with Crippen LogP contribution in [-0.2, 0) is 9.84 Å². The first-order chi connectivity index (χ1) is 14.3. The van der Waals surface area contributed by atoms with Crippen molar-refractivity contribution in [2.24, 2.45) is 0 Å². The van der Waals surface area contributed by atoms with Gasteiger partial charge in [0.05, 0.1) is 30.4 Å². The first-order valence-electron chi connectivity index (χ1n) is 9.36. The fourth-order valence-corrected chi connectivity index (χ4v) is 5.28. The maximum absolute atomic E-state index is 12.8. The Hall–Kier alpha value is -2.84. The fraction of sp³-hybridized carbons (Fsp3) is 0.238. The molecule has 2 aromatic carbocycles. The highest BCUT2D eigenvalue weighted by atomic mass is 35.5. The monoisotopic (exact) mass is 445 g/mol. The Morgan fingerprint density at radius 1 is 1.17 bits per heavy atom. The van der Waals surface area contributed by atoms with E-state index in [0.29, 0.717) is 28.6 Å². The summed E-state index contributed by atoms with van der Waals surface area (Å²) in [7, 11) is -1.53. The smallest absolute Gasteiger partial charge is 0.276 e. The highest BCUT2D eigenvalue weighted by Crippen LogP contribution is 2.31. The van der Waals surface area contributed by atoms with Gasteiger partial charge in [0.1, 0.15) is 5.75 Å². The van der Waals surface area contributed by atoms with E-state index in [1.165, 1.54) is 0 Å². The molecule has 0 radical (unpaired) electrons. The molecule has 7 nitrogen and oxygen atoms in total. The molecule has 9 heteroatoms. The predicted molar refractivity (Wildman–Crippen MR) is 116 cm³/mol. The van der Waals surface area contributed by atoms with Crippen molar-refractivity contribution < 1.29 is 17.9 Å². The van der Waals surface area contributed by atoms with Crippen molar-refractivity contribution in [1.82, 2.24) is 9.78 Å². The van der Waals surface area contributed by atoms with Crippen molar-refractivity contribution in [2.45, 2.75) is 12.5 Å². The molecule has 156 valence electrons. The SMILES string of the molecule is COc1ccc(-c2cc(C(=O)Nc3ccc(Cl)cc3)nn2[C@@H]2CCS(=O)(=O)C2)cc1. The van der Waals surface area contributed by atoms with Crippen LogP contribution < -0.4 is 10.1 Å². The van der Waals surface area contributed by atoms with Gasteiger partial charge in [-0.15, -0.1) is 0 Å². The number of benzene rings is 2. The molecule has 1 aliphatic heterocycles. The zero-order valence-corrected chi connectivity index (χ0v) is 17.8. The van der Waals surface area contributed by atoms with Gasteiger partial charge >= 0.3 is 0 Å². The molecule has 1 aliphatic rings. The number of hydrogen-bond acceptors (Lipinski definition) is 5. The average molecular weight is 446 g/mol. The lowest BCUT2D eigenvalue weighted by Gasteiger charge is -2.13. The van der Waals surface area contributed by atoms with Crippen LogP contribution in [0.5, 0.6) is 5.75 Å². The lowest BCUT2D eigenvalue weighted by molar-refractivity contribution is 0.102. The minimum absolute atomic E-state index is 0.01000. The predicted octanol–water partition coefficient (Wildman–Crippen LogP) is 3.82. The highest BCUT2D eigenvalue weighted by Gasteiger charge is 2.32. The maximum atomic E-state index is 12.8. The Balaban J connectivity index is 1.69. The van der Waals surface area contributed by atoms with Gasteiger partial charge in [-0.1, -0.05) is 11.6 Å². The van der Waals surface area contributed by atoms with Crippen LogP contribution in [0.4, 0.5) is 5.69 Å². The van der Waals surface area contributed by atoms with Crippen LogP contribution in [0.1, 0.15) is 23.0 Å². The summed E-state index contributed by atoms with van der Waals surface area (Å²) in [5.41, 5.74) is 2.30. The minimum atomic E-state index is -3.11. The number of nitrogens with zero attached hydrogens (tertiary/aromatic N) is 2. The maximum Gasteiger partial charge on any atom is 0.276 e. The normalized spacial score (nSPS) is 17.6. The Morgan fingerprint density at radius 2 is 1.87 bits per heavy atom. The molecule has 1 N–H and O–H groups in total. The topological polar surface area (TPSA) is 90.3 Å². The molecule has 0 spiro atoms. The number of nitrogens with one attached hydrogen (secondary N) is 1. The Bertz CT molecular complexity index is 1170. The van der Waals surface area contributed by atoms with Crippen LogP contribution in [0.2, 0.25) is 5.02 Å². The number of carbonyl (C=O) groups is 1. The summed E-state index contributed by atoms with van der Waals surface area (Å²) in [4.78, 5) is 12.8. The van der Waals surface area contributed by atoms with Crippen LogP contribution in [0, 0.1) is 0 Å². The molecule has 1 aromatic heterocycles. The van der Waals surface area contributed by atoms with Gasteiger partial charge in [0.25, 0.3) is 5.91 Å². The van der Waals surface area contributed by atoms with E-state index >= 15 is 0 Å². The second-order valence-corrected chi connectivity index (χ2v) is 9.77. The zero-order chi connectivity index (χ0) is 21.3. The highest BCUT2D eigenvalue weighted by molar-refractivity contribution is 7.91. The molecule has 0 bridgehead atoms. The van der Waals surface area contributed by atoms with Crippen LogP contribution in [0.25, 0.3) is 11.3 Å². The van der Waals surface area contributed by atoms with E-state index in [4.69, 9.17) is 16.3 Å². The summed E-state index contributed by atoms with van der Waals surface area (Å²) in [6.07, 6.45) is 0.464. The molecule has 1 atom stereocenters. The van der Waals surface area contributed by atoms with Crippen LogP contribution in [0.3, 0.4) is 0 Å². The third kappa shape index (κ3) is 4.34. The van der Waals surface area contributed by atoms with Gasteiger partial charge in [-0.2, -0.15) is 5.10 Å². The second-order valence-electron chi connectivity index (χ2n) is 7.11. The first-order valence-corrected chi connectivity index (χ1v) is 11.6. The molecule has 1 fully saturated rings. The number of methoxy groups -OCH3 is 1. The number of ether oxygens (including phenoxy) is 1.